The van der Waals surface area contributed by atoms with Crippen molar-refractivity contribution in [2.75, 3.05) is 18.5 Å². The summed E-state index contributed by atoms with van der Waals surface area (Å²) in [7, 11) is 0. The lowest BCUT2D eigenvalue weighted by Crippen LogP contribution is -2.23. The number of carbonyl (C=O) groups excluding carboxylic acids is 2. The molecule has 2 aliphatic heterocycles. The summed E-state index contributed by atoms with van der Waals surface area (Å²) in [6, 6.07) is 3.53. The summed E-state index contributed by atoms with van der Waals surface area (Å²) in [5.74, 6) is 0.232. The molecule has 2 aromatic heterocycles. The van der Waals surface area contributed by atoms with Gasteiger partial charge in [-0.3, -0.25) is 19.9 Å². The number of aliphatic imine (C=N–C) groups is 1. The number of nitrogens with zero attached hydrogens (tertiary/aromatic N) is 2. The van der Waals surface area contributed by atoms with Crippen molar-refractivity contribution in [1.82, 2.24) is 4.98 Å². The first-order chi connectivity index (χ1) is 14.2. The van der Waals surface area contributed by atoms with E-state index in [0.29, 0.717) is 59.5 Å². The fourth-order valence-electron chi connectivity index (χ4n) is 3.46. The zero-order chi connectivity index (χ0) is 20.2. The lowest BCUT2D eigenvalue weighted by Gasteiger charge is -2.20. The lowest BCUT2D eigenvalue weighted by atomic mass is 9.94. The first-order valence-corrected chi connectivity index (χ1v) is 10.7. The van der Waals surface area contributed by atoms with Gasteiger partial charge < -0.3 is 9.15 Å². The molecule has 7 nitrogen and oxygen atoms in total. The van der Waals surface area contributed by atoms with Crippen molar-refractivity contribution >= 4 is 33.9 Å². The maximum Gasteiger partial charge on any atom is 0.254 e. The largest absolute Gasteiger partial charge is 0.463 e. The summed E-state index contributed by atoms with van der Waals surface area (Å²) < 4.78 is 10.9. The fraction of sp³-hybridized carbons (Fsp3) is 0.429. The molecular formula is C21H23N3O4S. The predicted molar refractivity (Wildman–Crippen MR) is 111 cm³/mol. The van der Waals surface area contributed by atoms with E-state index in [1.165, 1.54) is 11.3 Å². The van der Waals surface area contributed by atoms with E-state index in [9.17, 15) is 9.59 Å². The highest BCUT2D eigenvalue weighted by atomic mass is 32.1. The number of hydrogen-bond donors (Lipinski definition) is 1. The Morgan fingerprint density at radius 1 is 1.28 bits per heavy atom. The van der Waals surface area contributed by atoms with Gasteiger partial charge in [-0.25, -0.2) is 4.98 Å². The van der Waals surface area contributed by atoms with Crippen LogP contribution in [0.3, 0.4) is 0 Å². The second kappa shape index (κ2) is 8.84. The van der Waals surface area contributed by atoms with Crippen LogP contribution in [0.4, 0.5) is 5.13 Å². The molecule has 2 aliphatic rings. The molecule has 1 saturated heterocycles. The number of anilines is 1. The number of carbonyl (C=O) groups is 2. The number of ketones is 1. The van der Waals surface area contributed by atoms with Crippen LogP contribution in [-0.4, -0.2) is 35.6 Å². The monoisotopic (exact) mass is 413 g/mol. The molecular weight excluding hydrogens is 390 g/mol. The first-order valence-electron chi connectivity index (χ1n) is 9.88. The molecule has 0 unspecified atom stereocenters. The lowest BCUT2D eigenvalue weighted by molar-refractivity contribution is -0.113. The van der Waals surface area contributed by atoms with Crippen molar-refractivity contribution < 1.29 is 18.7 Å². The van der Waals surface area contributed by atoms with Gasteiger partial charge in [0.15, 0.2) is 16.7 Å². The Morgan fingerprint density at radius 3 is 2.76 bits per heavy atom. The minimum absolute atomic E-state index is 0.0340. The van der Waals surface area contributed by atoms with Crippen LogP contribution in [-0.2, 0) is 9.53 Å². The number of Topliss-reactive ketones (excluding diaryl/α,β-unsaturated/α-hetero) is 1. The van der Waals surface area contributed by atoms with Gasteiger partial charge in [0, 0.05) is 36.6 Å². The molecule has 29 heavy (non-hydrogen) atoms. The van der Waals surface area contributed by atoms with E-state index in [2.05, 4.69) is 22.2 Å². The van der Waals surface area contributed by atoms with Crippen molar-refractivity contribution in [1.29, 1.82) is 0 Å². The van der Waals surface area contributed by atoms with Gasteiger partial charge in [0.2, 0.25) is 0 Å². The number of thiazole rings is 1. The molecule has 0 aromatic carbocycles. The highest BCUT2D eigenvalue weighted by Crippen LogP contribution is 2.35. The molecule has 8 heteroatoms. The highest BCUT2D eigenvalue weighted by molar-refractivity contribution is 7.18. The maximum atomic E-state index is 13.1. The normalized spacial score (nSPS) is 17.6. The number of ether oxygens (including phenoxy) is 1. The molecule has 0 saturated carbocycles. The summed E-state index contributed by atoms with van der Waals surface area (Å²) in [6.45, 7) is 3.23. The molecule has 4 rings (SSSR count). The predicted octanol–water partition coefficient (Wildman–Crippen LogP) is 4.48. The van der Waals surface area contributed by atoms with Gasteiger partial charge in [-0.15, -0.1) is 0 Å². The third kappa shape index (κ3) is 4.38. The van der Waals surface area contributed by atoms with E-state index in [1.54, 1.807) is 24.6 Å². The molecule has 0 radical (unpaired) electrons. The Balaban J connectivity index is 1.58. The molecule has 1 fully saturated rings. The minimum Gasteiger partial charge on any atom is -0.463 e. The third-order valence-corrected chi connectivity index (χ3v) is 6.19. The standard InChI is InChI=1S/C21H23N3O4S/c1-2-15-6-5-14(12-22-15)20(26)24-21-23-17(16-4-3-9-28-16)19(29-21)18(25)13-7-10-27-11-8-13/h3-4,9,12-13H,2,5-8,10-11H2,1H3,(H,23,24,26). The summed E-state index contributed by atoms with van der Waals surface area (Å²) in [6.07, 6.45) is 6.91. The van der Waals surface area contributed by atoms with Gasteiger partial charge in [-0.1, -0.05) is 18.3 Å². The van der Waals surface area contributed by atoms with E-state index in [-0.39, 0.29) is 17.6 Å². The minimum atomic E-state index is -0.228. The van der Waals surface area contributed by atoms with E-state index >= 15 is 0 Å². The van der Waals surface area contributed by atoms with Gasteiger partial charge >= 0.3 is 0 Å². The number of nitrogens with one attached hydrogen (secondary N) is 1. The molecule has 152 valence electrons. The number of furan rings is 1. The molecule has 0 bridgehead atoms. The zero-order valence-corrected chi connectivity index (χ0v) is 17.1. The van der Waals surface area contributed by atoms with E-state index < -0.39 is 0 Å². The fourth-order valence-corrected chi connectivity index (χ4v) is 4.45. The summed E-state index contributed by atoms with van der Waals surface area (Å²) in [4.78, 5) is 35.1. The Kier molecular flexibility index (Phi) is 6.01. The van der Waals surface area contributed by atoms with Gasteiger partial charge in [0.1, 0.15) is 10.6 Å². The molecule has 1 N–H and O–H groups in total. The van der Waals surface area contributed by atoms with Gasteiger partial charge in [0.25, 0.3) is 5.91 Å². The summed E-state index contributed by atoms with van der Waals surface area (Å²) in [5, 5.41) is 3.23. The van der Waals surface area contributed by atoms with Crippen molar-refractivity contribution in [3.63, 3.8) is 0 Å². The molecule has 1 amide bonds. The molecule has 0 aliphatic carbocycles. The van der Waals surface area contributed by atoms with Crippen molar-refractivity contribution in [3.8, 4) is 11.5 Å². The maximum absolute atomic E-state index is 13.1. The Hall–Kier alpha value is -2.58. The highest BCUT2D eigenvalue weighted by Gasteiger charge is 2.29. The van der Waals surface area contributed by atoms with Crippen LogP contribution < -0.4 is 5.32 Å². The van der Waals surface area contributed by atoms with Crippen LogP contribution in [0.2, 0.25) is 0 Å². The van der Waals surface area contributed by atoms with E-state index in [0.717, 1.165) is 18.6 Å². The van der Waals surface area contributed by atoms with Crippen LogP contribution in [0.1, 0.15) is 48.7 Å². The molecule has 0 atom stereocenters. The average molecular weight is 413 g/mol. The van der Waals surface area contributed by atoms with E-state index in [4.69, 9.17) is 9.15 Å². The average Bonchev–Trinajstić information content (AvgIpc) is 3.44. The van der Waals surface area contributed by atoms with Gasteiger partial charge in [-0.05, 0) is 44.2 Å². The van der Waals surface area contributed by atoms with Crippen LogP contribution in [0, 0.1) is 5.92 Å². The number of amides is 1. The topological polar surface area (TPSA) is 93.8 Å². The van der Waals surface area contributed by atoms with Crippen LogP contribution >= 0.6 is 11.3 Å². The quantitative estimate of drug-likeness (QED) is 0.705. The second-order valence-electron chi connectivity index (χ2n) is 7.08. The summed E-state index contributed by atoms with van der Waals surface area (Å²) >= 11 is 1.20. The van der Waals surface area contributed by atoms with Gasteiger partial charge in [0.05, 0.1) is 6.26 Å². The van der Waals surface area contributed by atoms with E-state index in [1.807, 2.05) is 0 Å². The molecule has 2 aromatic rings. The Bertz CT molecular complexity index is 953. The van der Waals surface area contributed by atoms with Crippen LogP contribution in [0.25, 0.3) is 11.5 Å². The number of hydrogen-bond acceptors (Lipinski definition) is 7. The second-order valence-corrected chi connectivity index (χ2v) is 8.08. The smallest absolute Gasteiger partial charge is 0.254 e. The Morgan fingerprint density at radius 2 is 2.10 bits per heavy atom. The number of rotatable bonds is 6. The zero-order valence-electron chi connectivity index (χ0n) is 16.3. The van der Waals surface area contributed by atoms with Crippen LogP contribution in [0.5, 0.6) is 0 Å². The summed E-state index contributed by atoms with van der Waals surface area (Å²) in [5.41, 5.74) is 2.20. The molecule has 0 spiro atoms. The Labute approximate surface area is 172 Å². The van der Waals surface area contributed by atoms with Crippen LogP contribution in [0.15, 0.2) is 39.6 Å². The third-order valence-electron chi connectivity index (χ3n) is 5.20. The van der Waals surface area contributed by atoms with Crippen molar-refractivity contribution in [3.05, 3.63) is 35.0 Å². The van der Waals surface area contributed by atoms with Gasteiger partial charge in [-0.2, -0.15) is 0 Å². The first kappa shape index (κ1) is 19.7. The SMILES string of the molecule is CCC1=NC=C(C(=O)Nc2nc(-c3ccco3)c(C(=O)C3CCOCC3)s2)CC1. The van der Waals surface area contributed by atoms with Crippen molar-refractivity contribution in [2.24, 2.45) is 10.9 Å². The van der Waals surface area contributed by atoms with Crippen molar-refractivity contribution in [2.45, 2.75) is 39.0 Å². The number of aromatic nitrogens is 1. The molecule has 4 heterocycles.